The molecule has 0 spiro atoms. The largest absolute Gasteiger partial charge is 0.0654 e. The van der Waals surface area contributed by atoms with Crippen molar-refractivity contribution in [2.75, 3.05) is 0 Å². The predicted molar refractivity (Wildman–Crippen MR) is 77.8 cm³/mol. The molecule has 0 aliphatic carbocycles. The first-order valence-corrected chi connectivity index (χ1v) is 7.17. The van der Waals surface area contributed by atoms with Gasteiger partial charge in [0.05, 0.1) is 0 Å². The van der Waals surface area contributed by atoms with Crippen LogP contribution < -0.4 is 0 Å². The lowest BCUT2D eigenvalue weighted by molar-refractivity contribution is 0.549. The molecule has 0 heteroatoms. The van der Waals surface area contributed by atoms with Gasteiger partial charge in [-0.3, -0.25) is 0 Å². The summed E-state index contributed by atoms with van der Waals surface area (Å²) in [6.07, 6.45) is 6.70. The number of aryl methyl sites for hydroxylation is 3. The lowest BCUT2D eigenvalue weighted by atomic mass is 9.84. The molecule has 17 heavy (non-hydrogen) atoms. The van der Waals surface area contributed by atoms with Crippen molar-refractivity contribution in [3.05, 3.63) is 34.4 Å². The lowest BCUT2D eigenvalue weighted by Crippen LogP contribution is -2.03. The summed E-state index contributed by atoms with van der Waals surface area (Å²) < 4.78 is 0. The summed E-state index contributed by atoms with van der Waals surface area (Å²) in [7, 11) is 0. The van der Waals surface area contributed by atoms with Gasteiger partial charge in [-0.2, -0.15) is 0 Å². The molecule has 0 bridgehead atoms. The van der Waals surface area contributed by atoms with Crippen LogP contribution in [-0.4, -0.2) is 0 Å². The highest BCUT2D eigenvalue weighted by Gasteiger charge is 2.14. The standard InChI is InChI=1S/C17H28/c1-6-8-9-10-16(7-2)17-14(4)11-13(3)12-15(17)5/h11-12,16H,6-10H2,1-5H3. The zero-order chi connectivity index (χ0) is 12.8. The molecule has 1 aromatic rings. The Hall–Kier alpha value is -0.780. The van der Waals surface area contributed by atoms with Crippen LogP contribution in [0.25, 0.3) is 0 Å². The minimum atomic E-state index is 0.766. The van der Waals surface area contributed by atoms with Gasteiger partial charge in [-0.15, -0.1) is 0 Å². The van der Waals surface area contributed by atoms with E-state index in [2.05, 4.69) is 46.8 Å². The zero-order valence-corrected chi connectivity index (χ0v) is 12.3. The topological polar surface area (TPSA) is 0 Å². The first kappa shape index (κ1) is 14.3. The molecular weight excluding hydrogens is 204 g/mol. The Morgan fingerprint density at radius 2 is 1.53 bits per heavy atom. The number of hydrogen-bond acceptors (Lipinski definition) is 0. The lowest BCUT2D eigenvalue weighted by Gasteiger charge is -2.21. The van der Waals surface area contributed by atoms with Crippen molar-refractivity contribution < 1.29 is 0 Å². The summed E-state index contributed by atoms with van der Waals surface area (Å²) in [6.45, 7) is 11.4. The van der Waals surface area contributed by atoms with E-state index in [1.807, 2.05) is 0 Å². The van der Waals surface area contributed by atoms with Gasteiger partial charge in [0.15, 0.2) is 0 Å². The number of rotatable bonds is 6. The van der Waals surface area contributed by atoms with E-state index in [0.717, 1.165) is 5.92 Å². The second-order valence-corrected chi connectivity index (χ2v) is 5.41. The number of unbranched alkanes of at least 4 members (excludes halogenated alkanes) is 2. The van der Waals surface area contributed by atoms with E-state index < -0.39 is 0 Å². The average Bonchev–Trinajstić information content (AvgIpc) is 2.25. The fraction of sp³-hybridized carbons (Fsp3) is 0.647. The molecule has 0 aliphatic heterocycles. The van der Waals surface area contributed by atoms with Gasteiger partial charge in [0.1, 0.15) is 0 Å². The molecule has 96 valence electrons. The second kappa shape index (κ2) is 6.83. The third kappa shape index (κ3) is 3.87. The number of benzene rings is 1. The monoisotopic (exact) mass is 232 g/mol. The maximum Gasteiger partial charge on any atom is -0.0159 e. The molecule has 0 saturated heterocycles. The van der Waals surface area contributed by atoms with E-state index in [1.54, 1.807) is 5.56 Å². The molecule has 1 atom stereocenters. The van der Waals surface area contributed by atoms with Crippen LogP contribution in [0, 0.1) is 20.8 Å². The molecular formula is C17H28. The van der Waals surface area contributed by atoms with Crippen molar-refractivity contribution in [3.63, 3.8) is 0 Å². The van der Waals surface area contributed by atoms with Crippen LogP contribution in [0.4, 0.5) is 0 Å². The van der Waals surface area contributed by atoms with Crippen molar-refractivity contribution >= 4 is 0 Å². The molecule has 0 radical (unpaired) electrons. The molecule has 0 N–H and O–H groups in total. The average molecular weight is 232 g/mol. The van der Waals surface area contributed by atoms with Crippen molar-refractivity contribution in [3.8, 4) is 0 Å². The van der Waals surface area contributed by atoms with Crippen LogP contribution >= 0.6 is 0 Å². The van der Waals surface area contributed by atoms with E-state index in [1.165, 1.54) is 48.8 Å². The highest BCUT2D eigenvalue weighted by molar-refractivity contribution is 5.39. The third-order valence-electron chi connectivity index (χ3n) is 3.80. The van der Waals surface area contributed by atoms with Crippen LogP contribution in [0.2, 0.25) is 0 Å². The Kier molecular flexibility index (Phi) is 5.74. The van der Waals surface area contributed by atoms with Crippen LogP contribution in [0.5, 0.6) is 0 Å². The Labute approximate surface area is 107 Å². The van der Waals surface area contributed by atoms with Crippen LogP contribution in [-0.2, 0) is 0 Å². The SMILES string of the molecule is CCCCCC(CC)c1c(C)cc(C)cc1C. The highest BCUT2D eigenvalue weighted by Crippen LogP contribution is 2.31. The Balaban J connectivity index is 2.87. The summed E-state index contributed by atoms with van der Waals surface area (Å²) >= 11 is 0. The van der Waals surface area contributed by atoms with Gasteiger partial charge in [-0.05, 0) is 56.2 Å². The molecule has 0 fully saturated rings. The molecule has 0 amide bonds. The van der Waals surface area contributed by atoms with E-state index in [9.17, 15) is 0 Å². The highest BCUT2D eigenvalue weighted by atomic mass is 14.2. The predicted octanol–water partition coefficient (Wildman–Crippen LogP) is 5.69. The maximum atomic E-state index is 2.34. The normalized spacial score (nSPS) is 12.8. The Morgan fingerprint density at radius 1 is 0.941 bits per heavy atom. The fourth-order valence-corrected chi connectivity index (χ4v) is 3.03. The molecule has 0 saturated carbocycles. The van der Waals surface area contributed by atoms with Crippen molar-refractivity contribution in [2.45, 2.75) is 72.6 Å². The van der Waals surface area contributed by atoms with Gasteiger partial charge >= 0.3 is 0 Å². The maximum absolute atomic E-state index is 2.34. The zero-order valence-electron chi connectivity index (χ0n) is 12.3. The summed E-state index contributed by atoms with van der Waals surface area (Å²) in [6, 6.07) is 4.68. The molecule has 0 aliphatic rings. The van der Waals surface area contributed by atoms with Crippen molar-refractivity contribution in [1.29, 1.82) is 0 Å². The minimum absolute atomic E-state index is 0.766. The molecule has 0 nitrogen and oxygen atoms in total. The Morgan fingerprint density at radius 3 is 2.00 bits per heavy atom. The van der Waals surface area contributed by atoms with Crippen molar-refractivity contribution in [2.24, 2.45) is 0 Å². The second-order valence-electron chi connectivity index (χ2n) is 5.41. The van der Waals surface area contributed by atoms with Gasteiger partial charge in [0.2, 0.25) is 0 Å². The van der Waals surface area contributed by atoms with Gasteiger partial charge in [-0.1, -0.05) is 50.8 Å². The minimum Gasteiger partial charge on any atom is -0.0654 e. The fourth-order valence-electron chi connectivity index (χ4n) is 3.03. The van der Waals surface area contributed by atoms with Crippen LogP contribution in [0.3, 0.4) is 0 Å². The molecule has 1 rings (SSSR count). The van der Waals surface area contributed by atoms with Gasteiger partial charge in [0.25, 0.3) is 0 Å². The first-order valence-electron chi connectivity index (χ1n) is 7.17. The van der Waals surface area contributed by atoms with Crippen LogP contribution in [0.1, 0.15) is 74.1 Å². The molecule has 1 aromatic carbocycles. The number of hydrogen-bond donors (Lipinski definition) is 0. The van der Waals surface area contributed by atoms with E-state index >= 15 is 0 Å². The van der Waals surface area contributed by atoms with Crippen LogP contribution in [0.15, 0.2) is 12.1 Å². The van der Waals surface area contributed by atoms with Crippen molar-refractivity contribution in [1.82, 2.24) is 0 Å². The smallest absolute Gasteiger partial charge is 0.0159 e. The molecule has 0 heterocycles. The molecule has 1 unspecified atom stereocenters. The van der Waals surface area contributed by atoms with E-state index in [0.29, 0.717) is 0 Å². The van der Waals surface area contributed by atoms with E-state index in [4.69, 9.17) is 0 Å². The first-order chi connectivity index (χ1) is 8.10. The third-order valence-corrected chi connectivity index (χ3v) is 3.80. The summed E-state index contributed by atoms with van der Waals surface area (Å²) in [4.78, 5) is 0. The Bertz CT molecular complexity index is 326. The molecule has 0 aromatic heterocycles. The van der Waals surface area contributed by atoms with Gasteiger partial charge in [-0.25, -0.2) is 0 Å². The quantitative estimate of drug-likeness (QED) is 0.553. The van der Waals surface area contributed by atoms with E-state index in [-0.39, 0.29) is 0 Å². The summed E-state index contributed by atoms with van der Waals surface area (Å²) in [5.74, 6) is 0.766. The van der Waals surface area contributed by atoms with Gasteiger partial charge in [0, 0.05) is 0 Å². The summed E-state index contributed by atoms with van der Waals surface area (Å²) in [5, 5.41) is 0. The van der Waals surface area contributed by atoms with Gasteiger partial charge < -0.3 is 0 Å². The summed E-state index contributed by atoms with van der Waals surface area (Å²) in [5.41, 5.74) is 6.00.